The van der Waals surface area contributed by atoms with Gasteiger partial charge in [-0.15, -0.1) is 0 Å². The summed E-state index contributed by atoms with van der Waals surface area (Å²) in [7, 11) is -2.59. The molecule has 2 N–H and O–H groups in total. The van der Waals surface area contributed by atoms with Gasteiger partial charge in [-0.2, -0.15) is 0 Å². The first-order chi connectivity index (χ1) is 16.4. The Labute approximate surface area is 198 Å². The number of anilines is 2. The van der Waals surface area contributed by atoms with Gasteiger partial charge in [0.05, 0.1) is 28.9 Å². The van der Waals surface area contributed by atoms with E-state index in [4.69, 9.17) is 4.74 Å². The minimum absolute atomic E-state index is 0.0394. The van der Waals surface area contributed by atoms with E-state index in [2.05, 4.69) is 10.0 Å². The average molecular weight is 480 g/mol. The van der Waals surface area contributed by atoms with Crippen molar-refractivity contribution in [1.29, 1.82) is 0 Å². The van der Waals surface area contributed by atoms with Gasteiger partial charge in [-0.1, -0.05) is 42.5 Å². The quantitative estimate of drug-likeness (QED) is 0.514. The van der Waals surface area contributed by atoms with E-state index in [1.165, 1.54) is 36.3 Å². The molecule has 8 nitrogen and oxygen atoms in total. The molecule has 2 amide bonds. The Kier molecular flexibility index (Phi) is 6.83. The van der Waals surface area contributed by atoms with Crippen LogP contribution in [0.4, 0.5) is 11.4 Å². The zero-order valence-electron chi connectivity index (χ0n) is 18.7. The Morgan fingerprint density at radius 3 is 2.47 bits per heavy atom. The van der Waals surface area contributed by atoms with E-state index in [1.54, 1.807) is 18.2 Å². The number of benzene rings is 3. The molecule has 0 spiro atoms. The zero-order chi connectivity index (χ0) is 24.1. The number of para-hydroxylation sites is 1. The molecule has 4 rings (SSSR count). The molecule has 34 heavy (non-hydrogen) atoms. The van der Waals surface area contributed by atoms with Gasteiger partial charge in [0.15, 0.2) is 0 Å². The topological polar surface area (TPSA) is 105 Å². The molecule has 0 aliphatic carbocycles. The first-order valence-corrected chi connectivity index (χ1v) is 12.3. The lowest BCUT2D eigenvalue weighted by Crippen LogP contribution is -2.26. The maximum absolute atomic E-state index is 13.2. The number of rotatable bonds is 8. The number of nitrogens with zero attached hydrogens (tertiary/aromatic N) is 1. The fourth-order valence-electron chi connectivity index (χ4n) is 3.80. The molecule has 0 bridgehead atoms. The van der Waals surface area contributed by atoms with Crippen LogP contribution in [0.5, 0.6) is 5.75 Å². The third-order valence-corrected chi connectivity index (χ3v) is 6.90. The van der Waals surface area contributed by atoms with Crippen LogP contribution in [0.3, 0.4) is 0 Å². The van der Waals surface area contributed by atoms with Gasteiger partial charge in [0.25, 0.3) is 15.9 Å². The molecule has 3 aromatic carbocycles. The van der Waals surface area contributed by atoms with Gasteiger partial charge in [-0.25, -0.2) is 8.42 Å². The fraction of sp³-hybridized carbons (Fsp3) is 0.200. The highest BCUT2D eigenvalue weighted by atomic mass is 32.2. The van der Waals surface area contributed by atoms with E-state index in [9.17, 15) is 18.0 Å². The predicted molar refractivity (Wildman–Crippen MR) is 129 cm³/mol. The minimum Gasteiger partial charge on any atom is -0.495 e. The fourth-order valence-corrected chi connectivity index (χ4v) is 4.90. The lowest BCUT2D eigenvalue weighted by Gasteiger charge is -2.20. The molecule has 1 heterocycles. The van der Waals surface area contributed by atoms with E-state index in [0.29, 0.717) is 37.4 Å². The molecule has 1 saturated heterocycles. The Balaban J connectivity index is 1.58. The summed E-state index contributed by atoms with van der Waals surface area (Å²) < 4.78 is 34.3. The smallest absolute Gasteiger partial charge is 0.261 e. The van der Waals surface area contributed by atoms with E-state index in [-0.39, 0.29) is 22.1 Å². The highest BCUT2D eigenvalue weighted by Crippen LogP contribution is 2.34. The van der Waals surface area contributed by atoms with Crippen molar-refractivity contribution >= 4 is 33.2 Å². The van der Waals surface area contributed by atoms with E-state index in [0.717, 1.165) is 5.56 Å². The molecule has 1 aliphatic heterocycles. The summed E-state index contributed by atoms with van der Waals surface area (Å²) in [6.07, 6.45) is 1.10. The lowest BCUT2D eigenvalue weighted by molar-refractivity contribution is -0.117. The number of sulfonamides is 1. The van der Waals surface area contributed by atoms with Gasteiger partial charge in [-0.3, -0.25) is 14.3 Å². The second-order valence-electron chi connectivity index (χ2n) is 7.80. The molecule has 0 unspecified atom stereocenters. The number of amides is 2. The maximum Gasteiger partial charge on any atom is 0.261 e. The second kappa shape index (κ2) is 9.96. The van der Waals surface area contributed by atoms with Crippen molar-refractivity contribution in [2.45, 2.75) is 24.3 Å². The Hall–Kier alpha value is -3.85. The molecular formula is C25H25N3O5S. The van der Waals surface area contributed by atoms with Gasteiger partial charge in [-0.05, 0) is 42.3 Å². The lowest BCUT2D eigenvalue weighted by atomic mass is 10.1. The number of carbonyl (C=O) groups excluding carboxylic acids is 2. The van der Waals surface area contributed by atoms with Crippen molar-refractivity contribution in [1.82, 2.24) is 5.32 Å². The standard InChI is InChI=1S/C25H25N3O5S/c1-33-23-14-13-19(16-22(23)28-15-7-12-24(28)29)34(31,32)27-21-11-6-5-10-20(21)25(30)26-17-18-8-3-2-4-9-18/h2-6,8-11,13-14,16,27H,7,12,15,17H2,1H3,(H,26,30). The normalized spacial score (nSPS) is 13.6. The van der Waals surface area contributed by atoms with Crippen LogP contribution >= 0.6 is 0 Å². The monoisotopic (exact) mass is 479 g/mol. The molecule has 0 saturated carbocycles. The third-order valence-electron chi connectivity index (χ3n) is 5.54. The van der Waals surface area contributed by atoms with Gasteiger partial charge in [0, 0.05) is 19.5 Å². The van der Waals surface area contributed by atoms with Crippen molar-refractivity contribution in [3.8, 4) is 5.75 Å². The van der Waals surface area contributed by atoms with Crippen LogP contribution < -0.4 is 19.7 Å². The third kappa shape index (κ3) is 5.04. The van der Waals surface area contributed by atoms with Crippen LogP contribution in [0.1, 0.15) is 28.8 Å². The van der Waals surface area contributed by atoms with Gasteiger partial charge in [0.2, 0.25) is 5.91 Å². The van der Waals surface area contributed by atoms with Crippen molar-refractivity contribution in [3.63, 3.8) is 0 Å². The van der Waals surface area contributed by atoms with Crippen molar-refractivity contribution < 1.29 is 22.7 Å². The molecule has 0 aromatic heterocycles. The molecule has 0 radical (unpaired) electrons. The summed E-state index contributed by atoms with van der Waals surface area (Å²) >= 11 is 0. The van der Waals surface area contributed by atoms with Crippen LogP contribution in [0, 0.1) is 0 Å². The molecular weight excluding hydrogens is 454 g/mol. The Morgan fingerprint density at radius 1 is 1.03 bits per heavy atom. The van der Waals surface area contributed by atoms with E-state index in [1.807, 2.05) is 30.3 Å². The maximum atomic E-state index is 13.2. The highest BCUT2D eigenvalue weighted by Gasteiger charge is 2.27. The number of hydrogen-bond acceptors (Lipinski definition) is 5. The van der Waals surface area contributed by atoms with Crippen LogP contribution in [-0.2, 0) is 21.4 Å². The average Bonchev–Trinajstić information content (AvgIpc) is 3.28. The van der Waals surface area contributed by atoms with Crippen molar-refractivity contribution in [2.75, 3.05) is 23.3 Å². The number of hydrogen-bond donors (Lipinski definition) is 2. The van der Waals surface area contributed by atoms with Gasteiger partial charge < -0.3 is 15.0 Å². The molecule has 0 atom stereocenters. The van der Waals surface area contributed by atoms with E-state index >= 15 is 0 Å². The van der Waals surface area contributed by atoms with Gasteiger partial charge in [0.1, 0.15) is 5.75 Å². The van der Waals surface area contributed by atoms with Crippen molar-refractivity contribution in [2.24, 2.45) is 0 Å². The van der Waals surface area contributed by atoms with Gasteiger partial charge >= 0.3 is 0 Å². The second-order valence-corrected chi connectivity index (χ2v) is 9.48. The van der Waals surface area contributed by atoms with E-state index < -0.39 is 15.9 Å². The predicted octanol–water partition coefficient (Wildman–Crippen LogP) is 3.55. The number of ether oxygens (including phenoxy) is 1. The molecule has 3 aromatic rings. The number of carbonyl (C=O) groups is 2. The Morgan fingerprint density at radius 2 is 1.76 bits per heavy atom. The summed E-state index contributed by atoms with van der Waals surface area (Å²) in [5, 5.41) is 2.81. The first kappa shape index (κ1) is 23.3. The van der Waals surface area contributed by atoms with Crippen LogP contribution in [0.2, 0.25) is 0 Å². The number of methoxy groups -OCH3 is 1. The summed E-state index contributed by atoms with van der Waals surface area (Å²) in [6, 6.07) is 20.2. The molecule has 1 fully saturated rings. The summed E-state index contributed by atoms with van der Waals surface area (Å²) in [6.45, 7) is 0.809. The highest BCUT2D eigenvalue weighted by molar-refractivity contribution is 7.92. The summed E-state index contributed by atoms with van der Waals surface area (Å²) in [5.41, 5.74) is 1.69. The minimum atomic E-state index is -4.05. The molecule has 1 aliphatic rings. The summed E-state index contributed by atoms with van der Waals surface area (Å²) in [4.78, 5) is 26.5. The van der Waals surface area contributed by atoms with Crippen molar-refractivity contribution in [3.05, 3.63) is 83.9 Å². The van der Waals surface area contributed by atoms with Crippen LogP contribution in [-0.4, -0.2) is 33.9 Å². The molecule has 176 valence electrons. The number of nitrogens with one attached hydrogen (secondary N) is 2. The SMILES string of the molecule is COc1ccc(S(=O)(=O)Nc2ccccc2C(=O)NCc2ccccc2)cc1N1CCCC1=O. The van der Waals surface area contributed by atoms with Crippen LogP contribution in [0.25, 0.3) is 0 Å². The van der Waals surface area contributed by atoms with Crippen LogP contribution in [0.15, 0.2) is 77.7 Å². The first-order valence-electron chi connectivity index (χ1n) is 10.8. The molecule has 9 heteroatoms. The summed E-state index contributed by atoms with van der Waals surface area (Å²) in [5.74, 6) is -0.0728. The zero-order valence-corrected chi connectivity index (χ0v) is 19.5. The largest absolute Gasteiger partial charge is 0.495 e. The Bertz CT molecular complexity index is 1310.